The molecule has 1 saturated heterocycles. The molecule has 47 heavy (non-hydrogen) atoms. The zero-order valence-electron chi connectivity index (χ0n) is 26.8. The topological polar surface area (TPSA) is 140 Å². The lowest BCUT2D eigenvalue weighted by molar-refractivity contribution is -0.157. The molecule has 2 aromatic rings. The lowest BCUT2D eigenvalue weighted by Gasteiger charge is -2.32. The Morgan fingerprint density at radius 3 is 2.19 bits per heavy atom. The minimum Gasteiger partial charge on any atom is -0.479 e. The van der Waals surface area contributed by atoms with Crippen molar-refractivity contribution in [2.45, 2.75) is 71.1 Å². The fourth-order valence-corrected chi connectivity index (χ4v) is 4.54. The molecular formula is C32H37F4N3O8. The van der Waals surface area contributed by atoms with Crippen LogP contribution in [0.2, 0.25) is 0 Å². The fraction of sp³-hybridized carbons (Fsp3) is 0.469. The van der Waals surface area contributed by atoms with E-state index in [1.807, 2.05) is 26.8 Å². The number of ether oxygens (including phenoxy) is 3. The molecule has 1 unspecified atom stereocenters. The molecule has 1 fully saturated rings. The summed E-state index contributed by atoms with van der Waals surface area (Å²) >= 11 is 0. The molecule has 0 spiro atoms. The van der Waals surface area contributed by atoms with E-state index in [9.17, 15) is 41.5 Å². The minimum absolute atomic E-state index is 0.0353. The van der Waals surface area contributed by atoms with Crippen molar-refractivity contribution in [1.82, 2.24) is 10.2 Å². The van der Waals surface area contributed by atoms with Gasteiger partial charge in [0.15, 0.2) is 29.3 Å². The number of halogens is 4. The number of esters is 1. The summed E-state index contributed by atoms with van der Waals surface area (Å²) in [6.45, 7) is 8.66. The molecule has 2 atom stereocenters. The van der Waals surface area contributed by atoms with Crippen molar-refractivity contribution in [3.63, 3.8) is 0 Å². The zero-order chi connectivity index (χ0) is 35.3. The van der Waals surface area contributed by atoms with Crippen molar-refractivity contribution in [2.24, 2.45) is 0 Å². The van der Waals surface area contributed by atoms with Gasteiger partial charge in [-0.15, -0.1) is 0 Å². The van der Waals surface area contributed by atoms with Gasteiger partial charge in [-0.3, -0.25) is 24.0 Å². The van der Waals surface area contributed by atoms with Crippen molar-refractivity contribution in [3.05, 3.63) is 59.2 Å². The van der Waals surface area contributed by atoms with Crippen LogP contribution >= 0.6 is 0 Å². The zero-order valence-corrected chi connectivity index (χ0v) is 26.8. The summed E-state index contributed by atoms with van der Waals surface area (Å²) in [5, 5.41) is 4.88. The van der Waals surface area contributed by atoms with Crippen LogP contribution in [0.1, 0.15) is 53.5 Å². The van der Waals surface area contributed by atoms with Gasteiger partial charge in [0.05, 0.1) is 19.6 Å². The summed E-state index contributed by atoms with van der Waals surface area (Å²) in [7, 11) is 0. The number of anilines is 1. The first-order chi connectivity index (χ1) is 21.8. The monoisotopic (exact) mass is 667 g/mol. The van der Waals surface area contributed by atoms with Gasteiger partial charge in [-0.05, 0) is 37.8 Å². The number of nitrogens with one attached hydrogen (secondary N) is 2. The minimum atomic E-state index is -1.89. The Kier molecular flexibility index (Phi) is 11.7. The van der Waals surface area contributed by atoms with Crippen LogP contribution in [0.25, 0.3) is 0 Å². The largest absolute Gasteiger partial charge is 0.479 e. The van der Waals surface area contributed by atoms with Crippen LogP contribution in [0, 0.1) is 23.3 Å². The van der Waals surface area contributed by atoms with Crippen molar-refractivity contribution in [1.29, 1.82) is 0 Å². The molecule has 3 rings (SSSR count). The number of carbonyl (C=O) groups excluding carboxylic acids is 5. The van der Waals surface area contributed by atoms with Crippen molar-refractivity contribution in [2.75, 3.05) is 31.6 Å². The van der Waals surface area contributed by atoms with Gasteiger partial charge in [0.1, 0.15) is 18.2 Å². The molecule has 0 aromatic heterocycles. The number of nitrogens with zero attached hydrogens (tertiary/aromatic N) is 1. The van der Waals surface area contributed by atoms with E-state index >= 15 is 0 Å². The van der Waals surface area contributed by atoms with E-state index in [2.05, 4.69) is 10.6 Å². The molecule has 11 nitrogen and oxygen atoms in total. The first-order valence-corrected chi connectivity index (χ1v) is 14.6. The Balaban J connectivity index is 1.73. The van der Waals surface area contributed by atoms with Gasteiger partial charge in [0.25, 0.3) is 5.91 Å². The Morgan fingerprint density at radius 2 is 1.60 bits per heavy atom. The summed E-state index contributed by atoms with van der Waals surface area (Å²) in [4.78, 5) is 65.8. The third-order valence-electron chi connectivity index (χ3n) is 6.75. The fourth-order valence-electron chi connectivity index (χ4n) is 4.54. The average Bonchev–Trinajstić information content (AvgIpc) is 2.98. The second-order valence-corrected chi connectivity index (χ2v) is 12.8. The van der Waals surface area contributed by atoms with Gasteiger partial charge < -0.3 is 29.7 Å². The summed E-state index contributed by atoms with van der Waals surface area (Å²) in [6, 6.07) is 5.21. The number of morpholine rings is 1. The van der Waals surface area contributed by atoms with Crippen LogP contribution in [0.5, 0.6) is 5.75 Å². The highest BCUT2D eigenvalue weighted by molar-refractivity contribution is 6.39. The van der Waals surface area contributed by atoms with Crippen molar-refractivity contribution >= 4 is 35.2 Å². The van der Waals surface area contributed by atoms with Crippen molar-refractivity contribution < 1.29 is 55.7 Å². The highest BCUT2D eigenvalue weighted by Gasteiger charge is 2.36. The van der Waals surface area contributed by atoms with Crippen LogP contribution in [-0.4, -0.2) is 78.4 Å². The molecule has 2 N–H and O–H groups in total. The van der Waals surface area contributed by atoms with E-state index in [0.29, 0.717) is 5.69 Å². The number of ketones is 1. The molecule has 0 aliphatic carbocycles. The summed E-state index contributed by atoms with van der Waals surface area (Å²) in [6.07, 6.45) is -2.16. The Hall–Kier alpha value is -4.53. The molecule has 0 bridgehead atoms. The standard InChI is InChI=1S/C32H37F4N3O8/c1-31(2,3)17-9-7-8-10-20(17)37-29(43)30(44)39-11-12-45-23(15-39)28(42)38-21(14-24(41)47-32(4,5)6)22(40)16-46-27-25(35)18(33)13-19(34)26(27)36/h7-10,13,21,23H,11-12,14-16H2,1-6H3,(H,37,43)(H,38,42)/t21-,23?/m0/s1. The predicted molar refractivity (Wildman–Crippen MR) is 159 cm³/mol. The maximum atomic E-state index is 14.1. The summed E-state index contributed by atoms with van der Waals surface area (Å²) in [5.74, 6) is -13.8. The first kappa shape index (κ1) is 36.9. The Labute approximate surface area is 268 Å². The average molecular weight is 668 g/mol. The number of Topliss-reactive ketones (excluding diaryl/α,β-unsaturated/α-hetero) is 1. The highest BCUT2D eigenvalue weighted by atomic mass is 19.2. The second-order valence-electron chi connectivity index (χ2n) is 12.8. The van der Waals surface area contributed by atoms with Crippen LogP contribution in [0.4, 0.5) is 23.2 Å². The summed E-state index contributed by atoms with van der Waals surface area (Å²) in [5.41, 5.74) is -0.105. The van der Waals surface area contributed by atoms with E-state index in [1.165, 1.54) is 0 Å². The SMILES string of the molecule is CC(C)(C)OC(=O)C[C@H](NC(=O)C1CN(C(=O)C(=O)Nc2ccccc2C(C)(C)C)CCO1)C(=O)COc1c(F)c(F)cc(F)c1F. The van der Waals surface area contributed by atoms with Crippen LogP contribution in [0.15, 0.2) is 30.3 Å². The smallest absolute Gasteiger partial charge is 0.313 e. The molecule has 1 heterocycles. The molecule has 1 aliphatic heterocycles. The number of rotatable bonds is 9. The molecule has 2 aromatic carbocycles. The Morgan fingerprint density at radius 1 is 0.979 bits per heavy atom. The second kappa shape index (κ2) is 14.9. The molecule has 0 saturated carbocycles. The van der Waals surface area contributed by atoms with Crippen LogP contribution in [0.3, 0.4) is 0 Å². The van der Waals surface area contributed by atoms with E-state index in [-0.39, 0.29) is 24.6 Å². The maximum Gasteiger partial charge on any atom is 0.313 e. The molecule has 1 aliphatic rings. The predicted octanol–water partition coefficient (Wildman–Crippen LogP) is 3.57. The molecule has 0 radical (unpaired) electrons. The Bertz CT molecular complexity index is 1510. The van der Waals surface area contributed by atoms with E-state index in [0.717, 1.165) is 10.5 Å². The number of hydrogen-bond acceptors (Lipinski definition) is 8. The number of para-hydroxylation sites is 1. The lowest BCUT2D eigenvalue weighted by atomic mass is 9.86. The number of benzene rings is 2. The van der Waals surface area contributed by atoms with Gasteiger partial charge in [0.2, 0.25) is 11.6 Å². The van der Waals surface area contributed by atoms with Gasteiger partial charge in [-0.2, -0.15) is 8.78 Å². The number of carbonyl (C=O) groups is 5. The molecule has 15 heteroatoms. The quantitative estimate of drug-likeness (QED) is 0.179. The van der Waals surface area contributed by atoms with E-state index in [4.69, 9.17) is 14.2 Å². The van der Waals surface area contributed by atoms with Gasteiger partial charge in [-0.1, -0.05) is 39.0 Å². The highest BCUT2D eigenvalue weighted by Crippen LogP contribution is 2.29. The summed E-state index contributed by atoms with van der Waals surface area (Å²) < 4.78 is 70.7. The van der Waals surface area contributed by atoms with E-state index in [1.54, 1.807) is 39.0 Å². The normalized spacial score (nSPS) is 15.8. The van der Waals surface area contributed by atoms with Gasteiger partial charge >= 0.3 is 17.8 Å². The van der Waals surface area contributed by atoms with Crippen molar-refractivity contribution in [3.8, 4) is 5.75 Å². The third-order valence-corrected chi connectivity index (χ3v) is 6.75. The van der Waals surface area contributed by atoms with Gasteiger partial charge in [-0.25, -0.2) is 8.78 Å². The van der Waals surface area contributed by atoms with Gasteiger partial charge in [0, 0.05) is 18.3 Å². The number of amides is 3. The third kappa shape index (κ3) is 9.98. The molecule has 256 valence electrons. The maximum absolute atomic E-state index is 14.1. The molecular weight excluding hydrogens is 630 g/mol. The van der Waals surface area contributed by atoms with Crippen LogP contribution < -0.4 is 15.4 Å². The first-order valence-electron chi connectivity index (χ1n) is 14.6. The van der Waals surface area contributed by atoms with E-state index < -0.39 is 95.8 Å². The lowest BCUT2D eigenvalue weighted by Crippen LogP contribution is -2.56. The number of hydrogen-bond donors (Lipinski definition) is 2. The molecule has 3 amide bonds. The van der Waals surface area contributed by atoms with Crippen LogP contribution in [-0.2, 0) is 38.9 Å².